The number of imide groups is 1. The van der Waals surface area contributed by atoms with Crippen molar-refractivity contribution in [3.63, 3.8) is 0 Å². The Morgan fingerprint density at radius 1 is 1.16 bits per heavy atom. The lowest BCUT2D eigenvalue weighted by molar-refractivity contribution is -0.132. The molecule has 5 heteroatoms. The molecule has 0 atom stereocenters. The van der Waals surface area contributed by atoms with Crippen molar-refractivity contribution in [3.05, 3.63) is 0 Å². The van der Waals surface area contributed by atoms with Crippen LogP contribution in [0.25, 0.3) is 0 Å². The molecule has 0 aromatic rings. The van der Waals surface area contributed by atoms with Crippen LogP contribution in [0.1, 0.15) is 51.4 Å². The third kappa shape index (κ3) is 3.08. The minimum absolute atomic E-state index is 0.00973. The Bertz CT molecular complexity index is 336. The monoisotopic (exact) mass is 267 g/mol. The summed E-state index contributed by atoms with van der Waals surface area (Å²) in [5.74, 6) is 0.00973. The van der Waals surface area contributed by atoms with Gasteiger partial charge in [-0.05, 0) is 32.9 Å². The lowest BCUT2D eigenvalue weighted by atomic mass is 9.84. The first-order chi connectivity index (χ1) is 9.19. The Morgan fingerprint density at radius 2 is 1.79 bits per heavy atom. The molecule has 0 aromatic carbocycles. The van der Waals surface area contributed by atoms with Gasteiger partial charge in [-0.1, -0.05) is 32.1 Å². The smallest absolute Gasteiger partial charge is 0.323 e. The second-order valence-electron chi connectivity index (χ2n) is 5.69. The molecule has 0 unspecified atom stereocenters. The van der Waals surface area contributed by atoms with E-state index in [2.05, 4.69) is 10.6 Å². The molecule has 108 valence electrons. The second-order valence-corrected chi connectivity index (χ2v) is 5.69. The molecule has 0 radical (unpaired) electrons. The zero-order valence-corrected chi connectivity index (χ0v) is 11.8. The quantitative estimate of drug-likeness (QED) is 0.601. The number of urea groups is 1. The molecule has 0 aromatic heterocycles. The molecule has 5 nitrogen and oxygen atoms in total. The molecule has 19 heavy (non-hydrogen) atoms. The van der Waals surface area contributed by atoms with Crippen molar-refractivity contribution in [3.8, 4) is 0 Å². The van der Waals surface area contributed by atoms with Gasteiger partial charge in [-0.3, -0.25) is 9.69 Å². The molecule has 2 fully saturated rings. The average molecular weight is 267 g/mol. The Labute approximate surface area is 115 Å². The summed E-state index contributed by atoms with van der Waals surface area (Å²) in [5, 5.41) is 6.02. The van der Waals surface area contributed by atoms with E-state index in [0.717, 1.165) is 38.6 Å². The molecular weight excluding hydrogens is 242 g/mol. The highest BCUT2D eigenvalue weighted by atomic mass is 16.2. The van der Waals surface area contributed by atoms with E-state index in [4.69, 9.17) is 0 Å². The van der Waals surface area contributed by atoms with E-state index < -0.39 is 5.54 Å². The second kappa shape index (κ2) is 6.37. The van der Waals surface area contributed by atoms with E-state index in [1.54, 1.807) is 0 Å². The van der Waals surface area contributed by atoms with Crippen molar-refractivity contribution in [1.29, 1.82) is 0 Å². The zero-order chi connectivity index (χ0) is 13.7. The topological polar surface area (TPSA) is 61.4 Å². The van der Waals surface area contributed by atoms with Gasteiger partial charge in [0.15, 0.2) is 0 Å². The number of hydrogen-bond donors (Lipinski definition) is 2. The molecule has 1 saturated heterocycles. The minimum Gasteiger partial charge on any atom is -0.323 e. The van der Waals surface area contributed by atoms with E-state index in [1.165, 1.54) is 24.2 Å². The summed E-state index contributed by atoms with van der Waals surface area (Å²) in [6, 6.07) is -0.193. The zero-order valence-electron chi connectivity index (χ0n) is 11.8. The number of hydrogen-bond acceptors (Lipinski definition) is 3. The third-order valence-electron chi connectivity index (χ3n) is 4.26. The summed E-state index contributed by atoms with van der Waals surface area (Å²) in [6.07, 6.45) is 8.10. The van der Waals surface area contributed by atoms with Crippen molar-refractivity contribution >= 4 is 11.9 Å². The highest BCUT2D eigenvalue weighted by Crippen LogP contribution is 2.31. The number of rotatable bonds is 4. The standard InChI is InChI=1S/C14H25N3O2/c1-15-10-7-11-17-12(18)14(16-13(17)19)8-5-3-2-4-6-9-14/h15H,2-11H2,1H3,(H,16,19). The maximum atomic E-state index is 12.6. The highest BCUT2D eigenvalue weighted by molar-refractivity contribution is 6.07. The summed E-state index contributed by atoms with van der Waals surface area (Å²) in [6.45, 7) is 1.34. The summed E-state index contributed by atoms with van der Waals surface area (Å²) in [4.78, 5) is 26.0. The van der Waals surface area contributed by atoms with E-state index in [0.29, 0.717) is 6.54 Å². The Morgan fingerprint density at radius 3 is 2.42 bits per heavy atom. The molecule has 1 aliphatic heterocycles. The fraction of sp³-hybridized carbons (Fsp3) is 0.857. The van der Waals surface area contributed by atoms with Crippen LogP contribution in [-0.4, -0.2) is 42.5 Å². The van der Waals surface area contributed by atoms with Gasteiger partial charge in [-0.2, -0.15) is 0 Å². The molecule has 3 amide bonds. The lowest BCUT2D eigenvalue weighted by Crippen LogP contribution is -2.47. The molecule has 1 saturated carbocycles. The molecule has 2 rings (SSSR count). The van der Waals surface area contributed by atoms with E-state index in [-0.39, 0.29) is 11.9 Å². The van der Waals surface area contributed by atoms with Gasteiger partial charge in [0, 0.05) is 6.54 Å². The molecular formula is C14H25N3O2. The number of amides is 3. The van der Waals surface area contributed by atoms with E-state index in [9.17, 15) is 9.59 Å². The van der Waals surface area contributed by atoms with Crippen molar-refractivity contribution in [1.82, 2.24) is 15.5 Å². The fourth-order valence-corrected chi connectivity index (χ4v) is 3.14. The van der Waals surface area contributed by atoms with Crippen LogP contribution in [0.15, 0.2) is 0 Å². The predicted molar refractivity (Wildman–Crippen MR) is 73.8 cm³/mol. The van der Waals surface area contributed by atoms with Crippen LogP contribution in [0.5, 0.6) is 0 Å². The van der Waals surface area contributed by atoms with E-state index >= 15 is 0 Å². The van der Waals surface area contributed by atoms with Gasteiger partial charge in [0.25, 0.3) is 5.91 Å². The van der Waals surface area contributed by atoms with E-state index in [1.807, 2.05) is 7.05 Å². The van der Waals surface area contributed by atoms with Crippen molar-refractivity contribution in [2.24, 2.45) is 0 Å². The summed E-state index contributed by atoms with van der Waals surface area (Å²) in [5.41, 5.74) is -0.586. The van der Waals surface area contributed by atoms with Crippen LogP contribution in [0.4, 0.5) is 4.79 Å². The van der Waals surface area contributed by atoms with Crippen molar-refractivity contribution < 1.29 is 9.59 Å². The molecule has 1 aliphatic carbocycles. The van der Waals surface area contributed by atoms with Gasteiger partial charge in [0.1, 0.15) is 5.54 Å². The van der Waals surface area contributed by atoms with Crippen molar-refractivity contribution in [2.75, 3.05) is 20.1 Å². The number of nitrogens with zero attached hydrogens (tertiary/aromatic N) is 1. The average Bonchev–Trinajstić information content (AvgIpc) is 2.59. The fourth-order valence-electron chi connectivity index (χ4n) is 3.14. The molecule has 2 aliphatic rings. The lowest BCUT2D eigenvalue weighted by Gasteiger charge is -2.28. The molecule has 0 bridgehead atoms. The van der Waals surface area contributed by atoms with Crippen LogP contribution in [0, 0.1) is 0 Å². The Kier molecular flexibility index (Phi) is 4.80. The number of nitrogens with one attached hydrogen (secondary N) is 2. The maximum absolute atomic E-state index is 12.6. The predicted octanol–water partition coefficient (Wildman–Crippen LogP) is 1.63. The third-order valence-corrected chi connectivity index (χ3v) is 4.26. The normalized spacial score (nSPS) is 23.3. The van der Waals surface area contributed by atoms with Gasteiger partial charge in [-0.15, -0.1) is 0 Å². The van der Waals surface area contributed by atoms with Crippen LogP contribution < -0.4 is 10.6 Å². The van der Waals surface area contributed by atoms with Gasteiger partial charge < -0.3 is 10.6 Å². The highest BCUT2D eigenvalue weighted by Gasteiger charge is 2.49. The molecule has 1 spiro atoms. The summed E-state index contributed by atoms with van der Waals surface area (Å²) in [7, 11) is 1.88. The first kappa shape index (κ1) is 14.3. The van der Waals surface area contributed by atoms with Crippen molar-refractivity contribution in [2.45, 2.75) is 56.9 Å². The Hall–Kier alpha value is -1.10. The first-order valence-electron chi connectivity index (χ1n) is 7.48. The van der Waals surface area contributed by atoms with Gasteiger partial charge >= 0.3 is 6.03 Å². The largest absolute Gasteiger partial charge is 0.325 e. The molecule has 2 N–H and O–H groups in total. The van der Waals surface area contributed by atoms with Crippen LogP contribution in [-0.2, 0) is 4.79 Å². The van der Waals surface area contributed by atoms with Crippen LogP contribution in [0.3, 0.4) is 0 Å². The number of carbonyl (C=O) groups excluding carboxylic acids is 2. The Balaban J connectivity index is 2.02. The summed E-state index contributed by atoms with van der Waals surface area (Å²) < 4.78 is 0. The number of carbonyl (C=O) groups is 2. The van der Waals surface area contributed by atoms with Crippen LogP contribution in [0.2, 0.25) is 0 Å². The summed E-state index contributed by atoms with van der Waals surface area (Å²) >= 11 is 0. The van der Waals surface area contributed by atoms with Gasteiger partial charge in [-0.25, -0.2) is 4.79 Å². The van der Waals surface area contributed by atoms with Gasteiger partial charge in [0.05, 0.1) is 0 Å². The first-order valence-corrected chi connectivity index (χ1v) is 7.48. The van der Waals surface area contributed by atoms with Crippen LogP contribution >= 0.6 is 0 Å². The maximum Gasteiger partial charge on any atom is 0.325 e. The minimum atomic E-state index is -0.586. The molecule has 1 heterocycles. The SMILES string of the molecule is CNCCCN1C(=O)NC2(CCCCCCC2)C1=O. The van der Waals surface area contributed by atoms with Gasteiger partial charge in [0.2, 0.25) is 0 Å².